The Kier molecular flexibility index (Phi) is 5.11. The second-order valence-corrected chi connectivity index (χ2v) is 6.23. The second-order valence-electron chi connectivity index (χ2n) is 6.23. The molecule has 6 heteroatoms. The highest BCUT2D eigenvalue weighted by Crippen LogP contribution is 2.34. The van der Waals surface area contributed by atoms with E-state index >= 15 is 0 Å². The fourth-order valence-electron chi connectivity index (χ4n) is 3.00. The summed E-state index contributed by atoms with van der Waals surface area (Å²) in [6.45, 7) is 3.91. The molecule has 0 bridgehead atoms. The van der Waals surface area contributed by atoms with Crippen molar-refractivity contribution in [2.24, 2.45) is 0 Å². The molecule has 1 atom stereocenters. The van der Waals surface area contributed by atoms with Gasteiger partial charge in [0.25, 0.3) is 5.91 Å². The number of benzene rings is 2. The van der Waals surface area contributed by atoms with Crippen LogP contribution in [0.5, 0.6) is 11.5 Å². The minimum absolute atomic E-state index is 0.0693. The molecule has 0 fully saturated rings. The van der Waals surface area contributed by atoms with Crippen molar-refractivity contribution in [2.45, 2.75) is 26.4 Å². The quantitative estimate of drug-likeness (QED) is 0.895. The molecule has 2 aromatic carbocycles. The van der Waals surface area contributed by atoms with Gasteiger partial charge in [-0.1, -0.05) is 24.3 Å². The summed E-state index contributed by atoms with van der Waals surface area (Å²) >= 11 is 0. The van der Waals surface area contributed by atoms with Crippen molar-refractivity contribution in [2.75, 3.05) is 18.6 Å². The van der Waals surface area contributed by atoms with Crippen molar-refractivity contribution in [3.8, 4) is 11.5 Å². The molecule has 2 amide bonds. The summed E-state index contributed by atoms with van der Waals surface area (Å²) in [4.78, 5) is 26.6. The van der Waals surface area contributed by atoms with Gasteiger partial charge in [0.1, 0.15) is 17.5 Å². The molecule has 1 aliphatic rings. The van der Waals surface area contributed by atoms with E-state index in [1.54, 1.807) is 14.0 Å². The van der Waals surface area contributed by atoms with Crippen LogP contribution in [0.15, 0.2) is 42.5 Å². The van der Waals surface area contributed by atoms with E-state index in [0.29, 0.717) is 23.7 Å². The van der Waals surface area contributed by atoms with E-state index in [9.17, 15) is 9.59 Å². The number of aryl methyl sites for hydroxylation is 1. The molecule has 26 heavy (non-hydrogen) atoms. The maximum Gasteiger partial charge on any atom is 0.265 e. The average molecular weight is 354 g/mol. The van der Waals surface area contributed by atoms with E-state index < -0.39 is 6.04 Å². The normalized spacial score (nSPS) is 14.3. The number of hydrogen-bond donors (Lipinski definition) is 1. The molecule has 6 nitrogen and oxygen atoms in total. The molecule has 1 unspecified atom stereocenters. The number of nitrogens with one attached hydrogen (secondary N) is 1. The molecule has 136 valence electrons. The third-order valence-corrected chi connectivity index (χ3v) is 4.41. The van der Waals surface area contributed by atoms with E-state index in [2.05, 4.69) is 5.32 Å². The summed E-state index contributed by atoms with van der Waals surface area (Å²) in [6, 6.07) is 12.4. The fourth-order valence-corrected chi connectivity index (χ4v) is 3.00. The molecule has 1 heterocycles. The number of nitrogens with zero attached hydrogens (tertiary/aromatic N) is 1. The lowest BCUT2D eigenvalue weighted by molar-refractivity contribution is -0.127. The Labute approximate surface area is 152 Å². The van der Waals surface area contributed by atoms with E-state index in [4.69, 9.17) is 9.47 Å². The number of fused-ring (bicyclic) bond motifs is 1. The van der Waals surface area contributed by atoms with Gasteiger partial charge >= 0.3 is 0 Å². The first kappa shape index (κ1) is 17.8. The summed E-state index contributed by atoms with van der Waals surface area (Å²) in [5.74, 6) is 0.852. The highest BCUT2D eigenvalue weighted by atomic mass is 16.5. The van der Waals surface area contributed by atoms with Gasteiger partial charge in [-0.05, 0) is 37.6 Å². The van der Waals surface area contributed by atoms with Crippen molar-refractivity contribution in [1.82, 2.24) is 5.32 Å². The molecule has 0 aromatic heterocycles. The highest BCUT2D eigenvalue weighted by molar-refractivity contribution is 6.03. The van der Waals surface area contributed by atoms with Gasteiger partial charge in [0.15, 0.2) is 6.61 Å². The standard InChI is InChI=1S/C20H22N2O4/c1-13-8-9-18-16(10-13)22(19(23)12-26-18)14(2)20(24)21-11-15-6-4-5-7-17(15)25-3/h4-10,14H,11-12H2,1-3H3,(H,21,24). The zero-order valence-electron chi connectivity index (χ0n) is 15.1. The molecule has 0 spiro atoms. The molecular formula is C20H22N2O4. The average Bonchev–Trinajstić information content (AvgIpc) is 2.65. The maximum absolute atomic E-state index is 12.7. The Bertz CT molecular complexity index is 834. The van der Waals surface area contributed by atoms with Gasteiger partial charge in [-0.3, -0.25) is 14.5 Å². The molecule has 0 saturated heterocycles. The van der Waals surface area contributed by atoms with Crippen molar-refractivity contribution in [3.63, 3.8) is 0 Å². The summed E-state index contributed by atoms with van der Waals surface area (Å²) < 4.78 is 10.8. The summed E-state index contributed by atoms with van der Waals surface area (Å²) in [6.07, 6.45) is 0. The van der Waals surface area contributed by atoms with Crippen molar-refractivity contribution in [1.29, 1.82) is 0 Å². The third-order valence-electron chi connectivity index (χ3n) is 4.41. The lowest BCUT2D eigenvalue weighted by atomic mass is 10.1. The molecule has 0 radical (unpaired) electrons. The van der Waals surface area contributed by atoms with Crippen LogP contribution in [-0.2, 0) is 16.1 Å². The summed E-state index contributed by atoms with van der Waals surface area (Å²) in [7, 11) is 1.59. The van der Waals surface area contributed by atoms with E-state index in [1.807, 2.05) is 49.4 Å². The largest absolute Gasteiger partial charge is 0.496 e. The lowest BCUT2D eigenvalue weighted by Gasteiger charge is -2.33. The number of carbonyl (C=O) groups is 2. The van der Waals surface area contributed by atoms with Crippen LogP contribution in [0.1, 0.15) is 18.1 Å². The zero-order valence-corrected chi connectivity index (χ0v) is 15.1. The van der Waals surface area contributed by atoms with Gasteiger partial charge < -0.3 is 14.8 Å². The molecule has 3 rings (SSSR count). The minimum Gasteiger partial charge on any atom is -0.496 e. The van der Waals surface area contributed by atoms with Crippen LogP contribution in [0.2, 0.25) is 0 Å². The highest BCUT2D eigenvalue weighted by Gasteiger charge is 2.33. The fraction of sp³-hybridized carbons (Fsp3) is 0.300. The third kappa shape index (κ3) is 3.49. The Morgan fingerprint density at radius 2 is 2.08 bits per heavy atom. The maximum atomic E-state index is 12.7. The van der Waals surface area contributed by atoms with Gasteiger partial charge in [-0.15, -0.1) is 0 Å². The summed E-state index contributed by atoms with van der Waals surface area (Å²) in [5.41, 5.74) is 2.50. The number of rotatable bonds is 5. The van der Waals surface area contributed by atoms with Crippen molar-refractivity contribution >= 4 is 17.5 Å². The van der Waals surface area contributed by atoms with Crippen LogP contribution in [0.4, 0.5) is 5.69 Å². The Morgan fingerprint density at radius 3 is 2.85 bits per heavy atom. The SMILES string of the molecule is COc1ccccc1CNC(=O)C(C)N1C(=O)COc2ccc(C)cc21. The van der Waals surface area contributed by atoms with Gasteiger partial charge in [-0.25, -0.2) is 0 Å². The molecular weight excluding hydrogens is 332 g/mol. The second kappa shape index (κ2) is 7.47. The van der Waals surface area contributed by atoms with Crippen LogP contribution in [0.25, 0.3) is 0 Å². The number of methoxy groups -OCH3 is 1. The molecule has 2 aromatic rings. The zero-order chi connectivity index (χ0) is 18.7. The minimum atomic E-state index is -0.651. The van der Waals surface area contributed by atoms with Crippen LogP contribution in [0, 0.1) is 6.92 Å². The van der Waals surface area contributed by atoms with E-state index in [-0.39, 0.29) is 18.4 Å². The van der Waals surface area contributed by atoms with Crippen LogP contribution < -0.4 is 19.7 Å². The number of amides is 2. The number of ether oxygens (including phenoxy) is 2. The van der Waals surface area contributed by atoms with Crippen molar-refractivity contribution in [3.05, 3.63) is 53.6 Å². The Morgan fingerprint density at radius 1 is 1.31 bits per heavy atom. The first-order chi connectivity index (χ1) is 12.5. The van der Waals surface area contributed by atoms with Crippen LogP contribution in [0.3, 0.4) is 0 Å². The Hall–Kier alpha value is -3.02. The monoisotopic (exact) mass is 354 g/mol. The molecule has 1 aliphatic heterocycles. The van der Waals surface area contributed by atoms with E-state index in [1.165, 1.54) is 4.90 Å². The van der Waals surface area contributed by atoms with Crippen LogP contribution in [-0.4, -0.2) is 31.6 Å². The predicted octanol–water partition coefficient (Wildman–Crippen LogP) is 2.43. The van der Waals surface area contributed by atoms with Gasteiger partial charge in [0.05, 0.1) is 12.8 Å². The number of carbonyl (C=O) groups excluding carboxylic acids is 2. The van der Waals surface area contributed by atoms with Gasteiger partial charge in [0.2, 0.25) is 5.91 Å². The molecule has 0 aliphatic carbocycles. The summed E-state index contributed by atoms with van der Waals surface area (Å²) in [5, 5.41) is 2.88. The first-order valence-electron chi connectivity index (χ1n) is 8.46. The Balaban J connectivity index is 1.76. The van der Waals surface area contributed by atoms with Gasteiger partial charge in [-0.2, -0.15) is 0 Å². The number of hydrogen-bond acceptors (Lipinski definition) is 4. The predicted molar refractivity (Wildman–Crippen MR) is 98.5 cm³/mol. The lowest BCUT2D eigenvalue weighted by Crippen LogP contribution is -2.51. The molecule has 0 saturated carbocycles. The van der Waals surface area contributed by atoms with E-state index in [0.717, 1.165) is 11.1 Å². The van der Waals surface area contributed by atoms with Gasteiger partial charge in [0, 0.05) is 12.1 Å². The topological polar surface area (TPSA) is 67.9 Å². The first-order valence-corrected chi connectivity index (χ1v) is 8.46. The molecule has 1 N–H and O–H groups in total. The van der Waals surface area contributed by atoms with Crippen LogP contribution >= 0.6 is 0 Å². The number of para-hydroxylation sites is 1. The smallest absolute Gasteiger partial charge is 0.265 e. The number of anilines is 1. The van der Waals surface area contributed by atoms with Crippen molar-refractivity contribution < 1.29 is 19.1 Å².